The monoisotopic (exact) mass is 266 g/mol. The summed E-state index contributed by atoms with van der Waals surface area (Å²) >= 11 is 0. The number of rotatable bonds is 5. The van der Waals surface area contributed by atoms with E-state index in [0.717, 1.165) is 44.6 Å². The van der Waals surface area contributed by atoms with Gasteiger partial charge in [0, 0.05) is 32.2 Å². The van der Waals surface area contributed by atoms with Gasteiger partial charge in [-0.3, -0.25) is 4.90 Å². The molecule has 0 aromatic heterocycles. The Kier molecular flexibility index (Phi) is 5.16. The zero-order valence-corrected chi connectivity index (χ0v) is 11.8. The highest BCUT2D eigenvalue weighted by molar-refractivity contribution is 5.32. The van der Waals surface area contributed by atoms with Gasteiger partial charge in [-0.25, -0.2) is 4.39 Å². The summed E-state index contributed by atoms with van der Waals surface area (Å²) in [5.74, 6) is 0.0514. The van der Waals surface area contributed by atoms with Crippen LogP contribution in [0.25, 0.3) is 0 Å². The molecule has 0 unspecified atom stereocenters. The van der Waals surface area contributed by atoms with Crippen molar-refractivity contribution in [1.82, 2.24) is 10.2 Å². The molecule has 4 heteroatoms. The first-order chi connectivity index (χ1) is 9.26. The number of benzene rings is 1. The van der Waals surface area contributed by atoms with E-state index in [1.165, 1.54) is 13.2 Å². The van der Waals surface area contributed by atoms with E-state index in [4.69, 9.17) is 4.74 Å². The zero-order valence-electron chi connectivity index (χ0n) is 11.8. The van der Waals surface area contributed by atoms with Crippen molar-refractivity contribution in [2.75, 3.05) is 33.3 Å². The molecule has 0 bridgehead atoms. The summed E-state index contributed by atoms with van der Waals surface area (Å²) < 4.78 is 18.6. The summed E-state index contributed by atoms with van der Waals surface area (Å²) in [6.07, 6.45) is 2.21. The van der Waals surface area contributed by atoms with E-state index in [2.05, 4.69) is 17.1 Å². The molecule has 0 aliphatic carbocycles. The Labute approximate surface area is 114 Å². The second kappa shape index (κ2) is 6.87. The average molecular weight is 266 g/mol. The maximum atomic E-state index is 13.5. The second-order valence-corrected chi connectivity index (χ2v) is 4.98. The molecule has 0 radical (unpaired) electrons. The molecule has 1 heterocycles. The summed E-state index contributed by atoms with van der Waals surface area (Å²) in [4.78, 5) is 2.48. The van der Waals surface area contributed by atoms with Crippen molar-refractivity contribution in [3.8, 4) is 5.75 Å². The summed E-state index contributed by atoms with van der Waals surface area (Å²) in [6.45, 7) is 6.34. The normalized spacial score (nSPS) is 18.3. The Morgan fingerprint density at radius 3 is 2.74 bits per heavy atom. The fourth-order valence-electron chi connectivity index (χ4n) is 2.71. The summed E-state index contributed by atoms with van der Waals surface area (Å²) in [7, 11) is 1.52. The lowest BCUT2D eigenvalue weighted by molar-refractivity contribution is 0.164. The Morgan fingerprint density at radius 1 is 1.37 bits per heavy atom. The van der Waals surface area contributed by atoms with E-state index < -0.39 is 0 Å². The van der Waals surface area contributed by atoms with Gasteiger partial charge in [0.05, 0.1) is 7.11 Å². The molecular weight excluding hydrogens is 243 g/mol. The first kappa shape index (κ1) is 14.3. The van der Waals surface area contributed by atoms with E-state index in [1.54, 1.807) is 0 Å². The molecule has 1 aromatic rings. The van der Waals surface area contributed by atoms with Crippen LogP contribution in [0.5, 0.6) is 5.75 Å². The molecule has 106 valence electrons. The Bertz CT molecular complexity index is 405. The summed E-state index contributed by atoms with van der Waals surface area (Å²) in [5, 5.41) is 3.37. The molecule has 1 fully saturated rings. The van der Waals surface area contributed by atoms with Crippen molar-refractivity contribution in [2.24, 2.45) is 0 Å². The number of hydrogen-bond donors (Lipinski definition) is 1. The van der Waals surface area contributed by atoms with Gasteiger partial charge < -0.3 is 10.1 Å². The largest absolute Gasteiger partial charge is 0.494 e. The molecule has 3 nitrogen and oxygen atoms in total. The fraction of sp³-hybridized carbons (Fsp3) is 0.600. The zero-order chi connectivity index (χ0) is 13.7. The molecule has 19 heavy (non-hydrogen) atoms. The van der Waals surface area contributed by atoms with Crippen LogP contribution >= 0.6 is 0 Å². The van der Waals surface area contributed by atoms with Crippen molar-refractivity contribution >= 4 is 0 Å². The minimum Gasteiger partial charge on any atom is -0.494 e. The number of halogens is 1. The highest BCUT2D eigenvalue weighted by Gasteiger charge is 2.22. The first-order valence-electron chi connectivity index (χ1n) is 7.04. The lowest BCUT2D eigenvalue weighted by Gasteiger charge is -2.35. The fourth-order valence-corrected chi connectivity index (χ4v) is 2.71. The van der Waals surface area contributed by atoms with Crippen LogP contribution in [0.1, 0.15) is 31.4 Å². The Hall–Kier alpha value is -1.13. The van der Waals surface area contributed by atoms with Gasteiger partial charge in [0.25, 0.3) is 0 Å². The highest BCUT2D eigenvalue weighted by Crippen LogP contribution is 2.29. The van der Waals surface area contributed by atoms with E-state index in [-0.39, 0.29) is 5.82 Å². The number of nitrogens with zero attached hydrogens (tertiary/aromatic N) is 1. The molecule has 1 atom stereocenters. The Balaban J connectivity index is 2.22. The standard InChI is InChI=1S/C15H23FN2O/c1-3-4-14(18-9-7-17-8-10-18)12-5-6-13(16)15(11-12)19-2/h5-6,11,14,17H,3-4,7-10H2,1-2H3/t14-/m1/s1. The lowest BCUT2D eigenvalue weighted by atomic mass is 9.99. The summed E-state index contributed by atoms with van der Waals surface area (Å²) in [5.41, 5.74) is 1.15. The lowest BCUT2D eigenvalue weighted by Crippen LogP contribution is -2.45. The van der Waals surface area contributed by atoms with Gasteiger partial charge in [-0.15, -0.1) is 0 Å². The van der Waals surface area contributed by atoms with E-state index in [9.17, 15) is 4.39 Å². The minimum absolute atomic E-state index is 0.290. The summed E-state index contributed by atoms with van der Waals surface area (Å²) in [6, 6.07) is 5.61. The van der Waals surface area contributed by atoms with Crippen molar-refractivity contribution in [3.05, 3.63) is 29.6 Å². The van der Waals surface area contributed by atoms with E-state index in [1.807, 2.05) is 12.1 Å². The number of piperazine rings is 1. The SMILES string of the molecule is CCC[C@H](c1ccc(F)c(OC)c1)N1CCNCC1. The van der Waals surface area contributed by atoms with Gasteiger partial charge in [0.15, 0.2) is 11.6 Å². The third kappa shape index (κ3) is 3.45. The van der Waals surface area contributed by atoms with Crippen molar-refractivity contribution < 1.29 is 9.13 Å². The molecule has 1 aromatic carbocycles. The van der Waals surface area contributed by atoms with Crippen LogP contribution in [0.3, 0.4) is 0 Å². The third-order valence-corrected chi connectivity index (χ3v) is 3.71. The van der Waals surface area contributed by atoms with Gasteiger partial charge in [0.2, 0.25) is 0 Å². The average Bonchev–Trinajstić information content (AvgIpc) is 2.46. The highest BCUT2D eigenvalue weighted by atomic mass is 19.1. The maximum absolute atomic E-state index is 13.5. The van der Waals surface area contributed by atoms with E-state index in [0.29, 0.717) is 11.8 Å². The van der Waals surface area contributed by atoms with Gasteiger partial charge in [-0.2, -0.15) is 0 Å². The number of methoxy groups -OCH3 is 1. The topological polar surface area (TPSA) is 24.5 Å². The number of hydrogen-bond acceptors (Lipinski definition) is 3. The minimum atomic E-state index is -0.290. The molecule has 1 aliphatic rings. The van der Waals surface area contributed by atoms with Crippen LogP contribution in [0.4, 0.5) is 4.39 Å². The van der Waals surface area contributed by atoms with Crippen LogP contribution in [0.15, 0.2) is 18.2 Å². The van der Waals surface area contributed by atoms with Crippen LogP contribution < -0.4 is 10.1 Å². The Morgan fingerprint density at radius 2 is 2.11 bits per heavy atom. The van der Waals surface area contributed by atoms with Crippen molar-refractivity contribution in [3.63, 3.8) is 0 Å². The second-order valence-electron chi connectivity index (χ2n) is 4.98. The number of nitrogens with one attached hydrogen (secondary N) is 1. The smallest absolute Gasteiger partial charge is 0.165 e. The van der Waals surface area contributed by atoms with Crippen LogP contribution in [0, 0.1) is 5.82 Å². The molecule has 1 aliphatic heterocycles. The quantitative estimate of drug-likeness (QED) is 0.886. The molecule has 1 N–H and O–H groups in total. The van der Waals surface area contributed by atoms with Gasteiger partial charge >= 0.3 is 0 Å². The van der Waals surface area contributed by atoms with Crippen molar-refractivity contribution in [1.29, 1.82) is 0 Å². The number of ether oxygens (including phenoxy) is 1. The molecule has 0 saturated carbocycles. The first-order valence-corrected chi connectivity index (χ1v) is 7.04. The van der Waals surface area contributed by atoms with Crippen molar-refractivity contribution in [2.45, 2.75) is 25.8 Å². The van der Waals surface area contributed by atoms with Crippen LogP contribution in [-0.4, -0.2) is 38.2 Å². The van der Waals surface area contributed by atoms with Gasteiger partial charge in [0.1, 0.15) is 0 Å². The molecule has 0 spiro atoms. The molecular formula is C15H23FN2O. The van der Waals surface area contributed by atoms with Gasteiger partial charge in [-0.05, 0) is 24.1 Å². The van der Waals surface area contributed by atoms with Crippen LogP contribution in [-0.2, 0) is 0 Å². The third-order valence-electron chi connectivity index (χ3n) is 3.71. The maximum Gasteiger partial charge on any atom is 0.165 e. The predicted molar refractivity (Wildman–Crippen MR) is 75.0 cm³/mol. The molecule has 1 saturated heterocycles. The molecule has 2 rings (SSSR count). The van der Waals surface area contributed by atoms with E-state index >= 15 is 0 Å². The van der Waals surface area contributed by atoms with Gasteiger partial charge in [-0.1, -0.05) is 19.4 Å². The molecule has 0 amide bonds. The van der Waals surface area contributed by atoms with Crippen LogP contribution in [0.2, 0.25) is 0 Å². The predicted octanol–water partition coefficient (Wildman–Crippen LogP) is 2.58.